The fraction of sp³-hybridized carbons (Fsp3) is 0.538. The maximum absolute atomic E-state index is 11.2. The van der Waals surface area contributed by atoms with Crippen LogP contribution in [-0.4, -0.2) is 29.1 Å². The first-order valence-corrected chi connectivity index (χ1v) is 7.04. The van der Waals surface area contributed by atoms with Crippen LogP contribution in [-0.2, 0) is 0 Å². The van der Waals surface area contributed by atoms with Crippen molar-refractivity contribution in [2.75, 3.05) is 18.0 Å². The van der Waals surface area contributed by atoms with Crippen LogP contribution in [0, 0.1) is 5.41 Å². The van der Waals surface area contributed by atoms with Crippen molar-refractivity contribution in [3.05, 3.63) is 22.3 Å². The molecule has 1 saturated heterocycles. The van der Waals surface area contributed by atoms with Crippen molar-refractivity contribution in [1.82, 2.24) is 4.98 Å². The van der Waals surface area contributed by atoms with Crippen molar-refractivity contribution in [2.45, 2.75) is 25.7 Å². The third-order valence-electron chi connectivity index (χ3n) is 4.15. The van der Waals surface area contributed by atoms with Crippen molar-refractivity contribution < 1.29 is 9.90 Å². The van der Waals surface area contributed by atoms with E-state index in [1.807, 2.05) is 0 Å². The quantitative estimate of drug-likeness (QED) is 0.853. The molecule has 0 amide bonds. The SMILES string of the molecule is O=C(O)c1ccc(Br)nc1N1CCC2(CC1)CC2. The van der Waals surface area contributed by atoms with E-state index in [0.29, 0.717) is 21.4 Å². The van der Waals surface area contributed by atoms with Crippen LogP contribution in [0.25, 0.3) is 0 Å². The molecule has 0 unspecified atom stereocenters. The topological polar surface area (TPSA) is 53.4 Å². The molecule has 4 nitrogen and oxygen atoms in total. The number of piperidine rings is 1. The zero-order valence-electron chi connectivity index (χ0n) is 10.0. The summed E-state index contributed by atoms with van der Waals surface area (Å²) in [6.45, 7) is 1.84. The van der Waals surface area contributed by atoms with Crippen LogP contribution < -0.4 is 4.90 Å². The van der Waals surface area contributed by atoms with Gasteiger partial charge in [-0.3, -0.25) is 0 Å². The Bertz CT molecular complexity index is 490. The van der Waals surface area contributed by atoms with E-state index in [1.165, 1.54) is 25.7 Å². The molecule has 18 heavy (non-hydrogen) atoms. The Kier molecular flexibility index (Phi) is 2.81. The average molecular weight is 311 g/mol. The number of nitrogens with zero attached hydrogens (tertiary/aromatic N) is 2. The number of anilines is 1. The standard InChI is InChI=1S/C13H15BrN2O2/c14-10-2-1-9(12(17)18)11(15-10)16-7-5-13(3-4-13)6-8-16/h1-2H,3-8H2,(H,17,18). The summed E-state index contributed by atoms with van der Waals surface area (Å²) in [7, 11) is 0. The highest BCUT2D eigenvalue weighted by Crippen LogP contribution is 2.53. The van der Waals surface area contributed by atoms with Crippen LogP contribution in [0.1, 0.15) is 36.0 Å². The lowest BCUT2D eigenvalue weighted by atomic mass is 9.93. The fourth-order valence-corrected chi connectivity index (χ4v) is 3.00. The van der Waals surface area contributed by atoms with Crippen LogP contribution in [0.2, 0.25) is 0 Å². The first kappa shape index (κ1) is 12.0. The zero-order chi connectivity index (χ0) is 12.8. The molecule has 1 aliphatic heterocycles. The van der Waals surface area contributed by atoms with Crippen LogP contribution in [0.3, 0.4) is 0 Å². The summed E-state index contributed by atoms with van der Waals surface area (Å²) < 4.78 is 0.689. The van der Waals surface area contributed by atoms with E-state index in [4.69, 9.17) is 0 Å². The second kappa shape index (κ2) is 4.23. The number of aromatic nitrogens is 1. The van der Waals surface area contributed by atoms with E-state index in [-0.39, 0.29) is 0 Å². The monoisotopic (exact) mass is 310 g/mol. The molecular formula is C13H15BrN2O2. The van der Waals surface area contributed by atoms with Crippen LogP contribution >= 0.6 is 15.9 Å². The van der Waals surface area contributed by atoms with Gasteiger partial charge in [0.15, 0.2) is 0 Å². The summed E-state index contributed by atoms with van der Waals surface area (Å²) in [5, 5.41) is 9.22. The Hall–Kier alpha value is -1.10. The number of rotatable bonds is 2. The molecule has 1 saturated carbocycles. The van der Waals surface area contributed by atoms with Crippen LogP contribution in [0.5, 0.6) is 0 Å². The van der Waals surface area contributed by atoms with Gasteiger partial charge < -0.3 is 10.0 Å². The summed E-state index contributed by atoms with van der Waals surface area (Å²) in [5.41, 5.74) is 0.885. The molecule has 2 aliphatic rings. The minimum atomic E-state index is -0.906. The van der Waals surface area contributed by atoms with Gasteiger partial charge in [0.2, 0.25) is 0 Å². The van der Waals surface area contributed by atoms with Crippen molar-refractivity contribution >= 4 is 27.7 Å². The average Bonchev–Trinajstić information content (AvgIpc) is 3.09. The maximum Gasteiger partial charge on any atom is 0.339 e. The lowest BCUT2D eigenvalue weighted by Crippen LogP contribution is -2.36. The predicted molar refractivity (Wildman–Crippen MR) is 72.0 cm³/mol. The van der Waals surface area contributed by atoms with Crippen molar-refractivity contribution in [3.63, 3.8) is 0 Å². The Balaban J connectivity index is 1.86. The van der Waals surface area contributed by atoms with Gasteiger partial charge in [-0.05, 0) is 59.2 Å². The highest BCUT2D eigenvalue weighted by atomic mass is 79.9. The molecular weight excluding hydrogens is 296 g/mol. The fourth-order valence-electron chi connectivity index (χ4n) is 2.70. The largest absolute Gasteiger partial charge is 0.478 e. The van der Waals surface area contributed by atoms with Gasteiger partial charge in [-0.15, -0.1) is 0 Å². The van der Waals surface area contributed by atoms with E-state index in [9.17, 15) is 9.90 Å². The molecule has 1 aromatic rings. The van der Waals surface area contributed by atoms with E-state index < -0.39 is 5.97 Å². The molecule has 1 spiro atoms. The molecule has 0 aromatic carbocycles. The lowest BCUT2D eigenvalue weighted by Gasteiger charge is -2.33. The molecule has 1 aliphatic carbocycles. The molecule has 0 radical (unpaired) electrons. The van der Waals surface area contributed by atoms with Crippen molar-refractivity contribution in [1.29, 1.82) is 0 Å². The number of hydrogen-bond acceptors (Lipinski definition) is 3. The number of carbonyl (C=O) groups is 1. The van der Waals surface area contributed by atoms with E-state index in [0.717, 1.165) is 13.1 Å². The Morgan fingerprint density at radius 1 is 1.28 bits per heavy atom. The van der Waals surface area contributed by atoms with Gasteiger partial charge in [0.05, 0.1) is 0 Å². The highest BCUT2D eigenvalue weighted by molar-refractivity contribution is 9.10. The number of carboxylic acid groups (broad SMARTS) is 1. The van der Waals surface area contributed by atoms with Gasteiger partial charge >= 0.3 is 5.97 Å². The molecule has 96 valence electrons. The normalized spacial score (nSPS) is 21.1. The second-order valence-electron chi connectivity index (χ2n) is 5.30. The van der Waals surface area contributed by atoms with E-state index >= 15 is 0 Å². The summed E-state index contributed by atoms with van der Waals surface area (Å²) >= 11 is 3.32. The summed E-state index contributed by atoms with van der Waals surface area (Å²) in [6, 6.07) is 3.30. The molecule has 2 fully saturated rings. The third-order valence-corrected chi connectivity index (χ3v) is 4.59. The molecule has 2 heterocycles. The Morgan fingerprint density at radius 2 is 1.94 bits per heavy atom. The minimum absolute atomic E-state index is 0.296. The molecule has 5 heteroatoms. The van der Waals surface area contributed by atoms with Gasteiger partial charge in [-0.25, -0.2) is 9.78 Å². The molecule has 1 N–H and O–H groups in total. The smallest absolute Gasteiger partial charge is 0.339 e. The van der Waals surface area contributed by atoms with Gasteiger partial charge in [0.25, 0.3) is 0 Å². The first-order valence-electron chi connectivity index (χ1n) is 6.24. The molecule has 0 atom stereocenters. The number of carboxylic acids is 1. The minimum Gasteiger partial charge on any atom is -0.478 e. The highest BCUT2D eigenvalue weighted by Gasteiger charge is 2.44. The zero-order valence-corrected chi connectivity index (χ0v) is 11.6. The number of halogens is 1. The Labute approximate surface area is 114 Å². The molecule has 0 bridgehead atoms. The maximum atomic E-state index is 11.2. The van der Waals surface area contributed by atoms with E-state index in [2.05, 4.69) is 25.8 Å². The number of hydrogen-bond donors (Lipinski definition) is 1. The summed E-state index contributed by atoms with van der Waals surface area (Å²) in [5.74, 6) is -0.302. The van der Waals surface area contributed by atoms with Crippen molar-refractivity contribution in [2.24, 2.45) is 5.41 Å². The summed E-state index contributed by atoms with van der Waals surface area (Å²) in [4.78, 5) is 17.7. The third kappa shape index (κ3) is 2.11. The molecule has 1 aromatic heterocycles. The van der Waals surface area contributed by atoms with Gasteiger partial charge in [-0.1, -0.05) is 0 Å². The first-order chi connectivity index (χ1) is 8.60. The van der Waals surface area contributed by atoms with Crippen molar-refractivity contribution in [3.8, 4) is 0 Å². The summed E-state index contributed by atoms with van der Waals surface area (Å²) in [6.07, 6.45) is 5.03. The lowest BCUT2D eigenvalue weighted by molar-refractivity contribution is 0.0697. The second-order valence-corrected chi connectivity index (χ2v) is 6.11. The Morgan fingerprint density at radius 3 is 2.50 bits per heavy atom. The predicted octanol–water partition coefficient (Wildman–Crippen LogP) is 2.92. The van der Waals surface area contributed by atoms with Crippen LogP contribution in [0.15, 0.2) is 16.7 Å². The number of pyridine rings is 1. The van der Waals surface area contributed by atoms with E-state index in [1.54, 1.807) is 12.1 Å². The van der Waals surface area contributed by atoms with Gasteiger partial charge in [-0.2, -0.15) is 0 Å². The van der Waals surface area contributed by atoms with Gasteiger partial charge in [0.1, 0.15) is 16.0 Å². The number of aromatic carboxylic acids is 1. The molecule has 3 rings (SSSR count). The van der Waals surface area contributed by atoms with Crippen LogP contribution in [0.4, 0.5) is 5.82 Å². The van der Waals surface area contributed by atoms with Gasteiger partial charge in [0, 0.05) is 13.1 Å².